The third-order valence-corrected chi connectivity index (χ3v) is 5.61. The standard InChI is InChI=1S/C22H20N6OS/c1-13-8-21(30-28-13)27-19-10-16(7-6-14(19)11-23)26-20(22(24)29)9-15-12-25-18-5-3-2-4-17(15)18/h2-8,10,12,20,25-27H,9H2,1H3,(H2,24,29). The number of fused-ring (bicyclic) bond motifs is 1. The number of amides is 1. The number of para-hydroxylation sites is 1. The molecule has 0 spiro atoms. The lowest BCUT2D eigenvalue weighted by Crippen LogP contribution is -2.37. The van der Waals surface area contributed by atoms with Crippen molar-refractivity contribution in [1.29, 1.82) is 5.26 Å². The second-order valence-corrected chi connectivity index (χ2v) is 7.80. The molecule has 0 fully saturated rings. The molecule has 0 aliphatic carbocycles. The number of hydrogen-bond acceptors (Lipinski definition) is 6. The van der Waals surface area contributed by atoms with Crippen molar-refractivity contribution >= 4 is 44.7 Å². The van der Waals surface area contributed by atoms with Gasteiger partial charge in [0.2, 0.25) is 5.91 Å². The monoisotopic (exact) mass is 416 g/mol. The van der Waals surface area contributed by atoms with Crippen molar-refractivity contribution in [2.45, 2.75) is 19.4 Å². The lowest BCUT2D eigenvalue weighted by Gasteiger charge is -2.18. The molecule has 4 aromatic rings. The molecule has 2 heterocycles. The largest absolute Gasteiger partial charge is 0.373 e. The molecule has 4 rings (SSSR count). The van der Waals surface area contributed by atoms with Crippen LogP contribution in [-0.2, 0) is 11.2 Å². The fourth-order valence-corrected chi connectivity index (χ4v) is 4.01. The Kier molecular flexibility index (Phi) is 5.37. The lowest BCUT2D eigenvalue weighted by molar-refractivity contribution is -0.118. The lowest BCUT2D eigenvalue weighted by atomic mass is 10.0. The maximum Gasteiger partial charge on any atom is 0.240 e. The van der Waals surface area contributed by atoms with E-state index in [2.05, 4.69) is 26.1 Å². The molecule has 2 aromatic heterocycles. The van der Waals surface area contributed by atoms with Gasteiger partial charge in [0.25, 0.3) is 0 Å². The maximum atomic E-state index is 12.1. The van der Waals surface area contributed by atoms with Crippen LogP contribution in [0.1, 0.15) is 16.8 Å². The normalized spacial score (nSPS) is 11.7. The van der Waals surface area contributed by atoms with Crippen molar-refractivity contribution in [2.75, 3.05) is 10.6 Å². The number of nitrogens with one attached hydrogen (secondary N) is 3. The van der Waals surface area contributed by atoms with Gasteiger partial charge in [0.1, 0.15) is 17.1 Å². The summed E-state index contributed by atoms with van der Waals surface area (Å²) >= 11 is 1.32. The molecular weight excluding hydrogens is 396 g/mol. The van der Waals surface area contributed by atoms with Crippen LogP contribution >= 0.6 is 11.5 Å². The Labute approximate surface area is 177 Å². The van der Waals surface area contributed by atoms with E-state index in [4.69, 9.17) is 5.73 Å². The molecule has 8 heteroatoms. The molecule has 1 atom stereocenters. The number of aromatic amines is 1. The number of nitrogens with two attached hydrogens (primary N) is 1. The summed E-state index contributed by atoms with van der Waals surface area (Å²) in [6, 6.07) is 16.7. The molecule has 5 N–H and O–H groups in total. The first-order chi connectivity index (χ1) is 14.5. The summed E-state index contributed by atoms with van der Waals surface area (Å²) < 4.78 is 4.25. The Morgan fingerprint density at radius 2 is 2.13 bits per heavy atom. The van der Waals surface area contributed by atoms with Gasteiger partial charge in [0.15, 0.2) is 0 Å². The smallest absolute Gasteiger partial charge is 0.240 e. The van der Waals surface area contributed by atoms with Gasteiger partial charge in [-0.05, 0) is 54.4 Å². The summed E-state index contributed by atoms with van der Waals surface area (Å²) in [5.41, 5.74) is 10.4. The Morgan fingerprint density at radius 3 is 2.87 bits per heavy atom. The average Bonchev–Trinajstić information content (AvgIpc) is 3.34. The minimum absolute atomic E-state index is 0.441. The first-order valence-electron chi connectivity index (χ1n) is 9.39. The van der Waals surface area contributed by atoms with E-state index in [-0.39, 0.29) is 0 Å². The molecule has 7 nitrogen and oxygen atoms in total. The maximum absolute atomic E-state index is 12.1. The quantitative estimate of drug-likeness (QED) is 0.362. The fourth-order valence-electron chi connectivity index (χ4n) is 3.33. The molecule has 150 valence electrons. The number of aryl methyl sites for hydroxylation is 1. The molecule has 30 heavy (non-hydrogen) atoms. The summed E-state index contributed by atoms with van der Waals surface area (Å²) in [5.74, 6) is -0.447. The van der Waals surface area contributed by atoms with Gasteiger partial charge >= 0.3 is 0 Å². The van der Waals surface area contributed by atoms with E-state index in [0.29, 0.717) is 23.4 Å². The summed E-state index contributed by atoms with van der Waals surface area (Å²) in [6.45, 7) is 1.91. The molecule has 0 aliphatic rings. The molecule has 0 bridgehead atoms. The van der Waals surface area contributed by atoms with Gasteiger partial charge in [-0.3, -0.25) is 4.79 Å². The number of hydrogen-bond donors (Lipinski definition) is 4. The molecular formula is C22H20N6OS. The van der Waals surface area contributed by atoms with Crippen molar-refractivity contribution in [3.8, 4) is 6.07 Å². The second kappa shape index (κ2) is 8.27. The van der Waals surface area contributed by atoms with Crippen LogP contribution in [0.25, 0.3) is 10.9 Å². The predicted octanol–water partition coefficient (Wildman–Crippen LogP) is 4.06. The first kappa shape index (κ1) is 19.5. The summed E-state index contributed by atoms with van der Waals surface area (Å²) in [5, 5.41) is 17.8. The number of nitrogens with zero attached hydrogens (tertiary/aromatic N) is 2. The molecule has 1 unspecified atom stereocenters. The highest BCUT2D eigenvalue weighted by Gasteiger charge is 2.18. The van der Waals surface area contributed by atoms with Crippen LogP contribution in [-0.4, -0.2) is 21.3 Å². The third kappa shape index (κ3) is 4.11. The van der Waals surface area contributed by atoms with Crippen molar-refractivity contribution < 1.29 is 4.79 Å². The zero-order chi connectivity index (χ0) is 21.1. The van der Waals surface area contributed by atoms with Crippen LogP contribution < -0.4 is 16.4 Å². The van der Waals surface area contributed by atoms with Crippen LogP contribution in [0.3, 0.4) is 0 Å². The van der Waals surface area contributed by atoms with E-state index in [1.807, 2.05) is 43.5 Å². The van der Waals surface area contributed by atoms with Gasteiger partial charge in [0.05, 0.1) is 16.9 Å². The van der Waals surface area contributed by atoms with Crippen LogP contribution in [0.2, 0.25) is 0 Å². The molecule has 1 amide bonds. The van der Waals surface area contributed by atoms with E-state index in [9.17, 15) is 10.1 Å². The number of anilines is 3. The summed E-state index contributed by atoms with van der Waals surface area (Å²) in [4.78, 5) is 15.4. The van der Waals surface area contributed by atoms with Crippen molar-refractivity contribution in [1.82, 2.24) is 9.36 Å². The Balaban J connectivity index is 1.58. The fraction of sp³-hybridized carbons (Fsp3) is 0.136. The van der Waals surface area contributed by atoms with Crippen molar-refractivity contribution in [3.05, 3.63) is 71.5 Å². The number of carbonyl (C=O) groups excluding carboxylic acids is 1. The Bertz CT molecular complexity index is 1250. The molecule has 0 saturated heterocycles. The number of benzene rings is 2. The first-order valence-corrected chi connectivity index (χ1v) is 10.2. The highest BCUT2D eigenvalue weighted by atomic mass is 32.1. The third-order valence-electron chi connectivity index (χ3n) is 4.81. The minimum Gasteiger partial charge on any atom is -0.373 e. The SMILES string of the molecule is Cc1cc(Nc2cc(NC(Cc3c[nH]c4ccccc34)C(N)=O)ccc2C#N)sn1. The average molecular weight is 417 g/mol. The number of primary amides is 1. The van der Waals surface area contributed by atoms with Crippen LogP contribution in [0.15, 0.2) is 54.7 Å². The van der Waals surface area contributed by atoms with Crippen molar-refractivity contribution in [3.63, 3.8) is 0 Å². The number of carbonyl (C=O) groups is 1. The second-order valence-electron chi connectivity index (χ2n) is 6.99. The Hall–Kier alpha value is -3.83. The van der Waals surface area contributed by atoms with Gasteiger partial charge in [-0.15, -0.1) is 0 Å². The summed E-state index contributed by atoms with van der Waals surface area (Å²) in [7, 11) is 0. The number of rotatable bonds is 7. The predicted molar refractivity (Wildman–Crippen MR) is 120 cm³/mol. The van der Waals surface area contributed by atoms with Gasteiger partial charge < -0.3 is 21.4 Å². The van der Waals surface area contributed by atoms with Gasteiger partial charge in [-0.2, -0.15) is 9.64 Å². The number of aromatic nitrogens is 2. The van der Waals surface area contributed by atoms with Gasteiger partial charge in [-0.1, -0.05) is 18.2 Å². The van der Waals surface area contributed by atoms with Crippen LogP contribution in [0.5, 0.6) is 0 Å². The van der Waals surface area contributed by atoms with Gasteiger partial charge in [0, 0.05) is 29.2 Å². The Morgan fingerprint density at radius 1 is 1.30 bits per heavy atom. The molecule has 0 saturated carbocycles. The summed E-state index contributed by atoms with van der Waals surface area (Å²) in [6.07, 6.45) is 2.34. The van der Waals surface area contributed by atoms with E-state index in [1.165, 1.54) is 11.5 Å². The van der Waals surface area contributed by atoms with Crippen molar-refractivity contribution in [2.24, 2.45) is 5.73 Å². The van der Waals surface area contributed by atoms with E-state index < -0.39 is 11.9 Å². The zero-order valence-electron chi connectivity index (χ0n) is 16.3. The highest BCUT2D eigenvalue weighted by Crippen LogP contribution is 2.28. The number of H-pyrrole nitrogens is 1. The van der Waals surface area contributed by atoms with E-state index in [0.717, 1.165) is 27.2 Å². The molecule has 0 radical (unpaired) electrons. The highest BCUT2D eigenvalue weighted by molar-refractivity contribution is 7.10. The zero-order valence-corrected chi connectivity index (χ0v) is 17.1. The molecule has 2 aromatic carbocycles. The van der Waals surface area contributed by atoms with E-state index >= 15 is 0 Å². The molecule has 0 aliphatic heterocycles. The van der Waals surface area contributed by atoms with Crippen LogP contribution in [0.4, 0.5) is 16.4 Å². The topological polar surface area (TPSA) is 120 Å². The minimum atomic E-state index is -0.601. The number of nitriles is 1. The van der Waals surface area contributed by atoms with E-state index in [1.54, 1.807) is 18.2 Å². The van der Waals surface area contributed by atoms with Crippen LogP contribution in [0, 0.1) is 18.3 Å². The van der Waals surface area contributed by atoms with Gasteiger partial charge in [-0.25, -0.2) is 0 Å².